The summed E-state index contributed by atoms with van der Waals surface area (Å²) >= 11 is 0. The number of aryl methyl sites for hydroxylation is 1. The van der Waals surface area contributed by atoms with Crippen molar-refractivity contribution in [3.05, 3.63) is 41.5 Å². The first-order valence-corrected chi connectivity index (χ1v) is 6.98. The topological polar surface area (TPSA) is 48.7 Å². The number of ether oxygens (including phenoxy) is 2. The molecule has 0 saturated heterocycles. The standard InChI is InChI=1S/C17H14O4/c1-19-17(18)12-9-10-5-4-8-20-15(10)16-14(12)11-6-2-3-7-13(11)21-16/h2-3,6-7,9H,4-5,8H2,1H3. The molecule has 1 aliphatic heterocycles. The SMILES string of the molecule is COC(=O)c1cc2c(c3oc4ccccc4c13)OCCC2. The number of para-hydroxylation sites is 1. The summed E-state index contributed by atoms with van der Waals surface area (Å²) in [5.41, 5.74) is 2.95. The molecular weight excluding hydrogens is 268 g/mol. The molecule has 21 heavy (non-hydrogen) atoms. The van der Waals surface area contributed by atoms with E-state index in [2.05, 4.69) is 0 Å². The fourth-order valence-electron chi connectivity index (χ4n) is 2.98. The van der Waals surface area contributed by atoms with Crippen molar-refractivity contribution < 1.29 is 18.7 Å². The quantitative estimate of drug-likeness (QED) is 0.639. The number of carbonyl (C=O) groups excluding carboxylic acids is 1. The Balaban J connectivity index is 2.17. The summed E-state index contributed by atoms with van der Waals surface area (Å²) in [4.78, 5) is 12.2. The molecule has 0 fully saturated rings. The molecule has 0 spiro atoms. The van der Waals surface area contributed by atoms with Crippen molar-refractivity contribution in [2.45, 2.75) is 12.8 Å². The smallest absolute Gasteiger partial charge is 0.338 e. The van der Waals surface area contributed by atoms with Crippen LogP contribution in [-0.4, -0.2) is 19.7 Å². The van der Waals surface area contributed by atoms with Crippen LogP contribution in [0, 0.1) is 0 Å². The lowest BCUT2D eigenvalue weighted by Gasteiger charge is -2.18. The van der Waals surface area contributed by atoms with Gasteiger partial charge in [-0.25, -0.2) is 4.79 Å². The molecule has 2 aromatic carbocycles. The van der Waals surface area contributed by atoms with E-state index in [4.69, 9.17) is 13.9 Å². The number of hydrogen-bond donors (Lipinski definition) is 0. The van der Waals surface area contributed by atoms with Crippen LogP contribution in [0.25, 0.3) is 21.9 Å². The van der Waals surface area contributed by atoms with Crippen LogP contribution >= 0.6 is 0 Å². The summed E-state index contributed by atoms with van der Waals surface area (Å²) in [5, 5.41) is 1.68. The Morgan fingerprint density at radius 1 is 1.29 bits per heavy atom. The van der Waals surface area contributed by atoms with Gasteiger partial charge in [-0.2, -0.15) is 0 Å². The van der Waals surface area contributed by atoms with E-state index in [9.17, 15) is 4.79 Å². The maximum atomic E-state index is 12.2. The van der Waals surface area contributed by atoms with Crippen LogP contribution in [-0.2, 0) is 11.2 Å². The minimum absolute atomic E-state index is 0.347. The number of rotatable bonds is 1. The van der Waals surface area contributed by atoms with Crippen LogP contribution in [0.1, 0.15) is 22.3 Å². The first-order valence-electron chi connectivity index (χ1n) is 6.98. The Hall–Kier alpha value is -2.49. The monoisotopic (exact) mass is 282 g/mol. The molecule has 106 valence electrons. The second-order valence-electron chi connectivity index (χ2n) is 5.16. The Bertz CT molecular complexity index is 860. The van der Waals surface area contributed by atoms with Gasteiger partial charge < -0.3 is 13.9 Å². The number of benzene rings is 2. The van der Waals surface area contributed by atoms with Gasteiger partial charge in [0.15, 0.2) is 11.3 Å². The molecule has 2 heterocycles. The van der Waals surface area contributed by atoms with Crippen LogP contribution in [0.4, 0.5) is 0 Å². The fourth-order valence-corrected chi connectivity index (χ4v) is 2.98. The van der Waals surface area contributed by atoms with Crippen molar-refractivity contribution in [3.63, 3.8) is 0 Å². The summed E-state index contributed by atoms with van der Waals surface area (Å²) in [6.45, 7) is 0.677. The molecule has 4 nitrogen and oxygen atoms in total. The highest BCUT2D eigenvalue weighted by molar-refractivity contribution is 6.16. The second kappa shape index (κ2) is 4.52. The Kier molecular flexibility index (Phi) is 2.64. The molecular formula is C17H14O4. The maximum absolute atomic E-state index is 12.2. The van der Waals surface area contributed by atoms with E-state index in [1.807, 2.05) is 30.3 Å². The minimum atomic E-state index is -0.347. The normalized spacial score (nSPS) is 14.0. The highest BCUT2D eigenvalue weighted by Crippen LogP contribution is 2.41. The molecule has 0 radical (unpaired) electrons. The van der Waals surface area contributed by atoms with Gasteiger partial charge in [0, 0.05) is 10.8 Å². The van der Waals surface area contributed by atoms with Gasteiger partial charge in [0.05, 0.1) is 19.3 Å². The van der Waals surface area contributed by atoms with Crippen LogP contribution in [0.2, 0.25) is 0 Å². The number of methoxy groups -OCH3 is 1. The summed E-state index contributed by atoms with van der Waals surface area (Å²) < 4.78 is 16.7. The van der Waals surface area contributed by atoms with Crippen molar-refractivity contribution in [1.82, 2.24) is 0 Å². The van der Waals surface area contributed by atoms with Crippen LogP contribution in [0.15, 0.2) is 34.7 Å². The zero-order valence-corrected chi connectivity index (χ0v) is 11.6. The van der Waals surface area contributed by atoms with Crippen molar-refractivity contribution in [3.8, 4) is 5.75 Å². The second-order valence-corrected chi connectivity index (χ2v) is 5.16. The molecule has 4 heteroatoms. The van der Waals surface area contributed by atoms with Crippen molar-refractivity contribution >= 4 is 27.9 Å². The summed E-state index contributed by atoms with van der Waals surface area (Å²) in [7, 11) is 1.40. The van der Waals surface area contributed by atoms with E-state index in [1.165, 1.54) is 7.11 Å². The molecule has 0 bridgehead atoms. The van der Waals surface area contributed by atoms with Crippen LogP contribution < -0.4 is 4.74 Å². The molecule has 0 N–H and O–H groups in total. The van der Waals surface area contributed by atoms with Gasteiger partial charge in [-0.3, -0.25) is 0 Å². The van der Waals surface area contributed by atoms with E-state index in [-0.39, 0.29) is 5.97 Å². The van der Waals surface area contributed by atoms with Crippen molar-refractivity contribution in [1.29, 1.82) is 0 Å². The largest absolute Gasteiger partial charge is 0.489 e. The molecule has 1 aliphatic rings. The Morgan fingerprint density at radius 3 is 3.00 bits per heavy atom. The molecule has 0 aliphatic carbocycles. The summed E-state index contributed by atoms with van der Waals surface area (Å²) in [5.74, 6) is 0.417. The third kappa shape index (κ3) is 1.72. The van der Waals surface area contributed by atoms with Gasteiger partial charge in [-0.1, -0.05) is 18.2 Å². The summed E-state index contributed by atoms with van der Waals surface area (Å²) in [6, 6.07) is 9.56. The predicted molar refractivity (Wildman–Crippen MR) is 78.9 cm³/mol. The number of furan rings is 1. The summed E-state index contributed by atoms with van der Waals surface area (Å²) in [6.07, 6.45) is 1.83. The third-order valence-corrected chi connectivity index (χ3v) is 3.92. The zero-order chi connectivity index (χ0) is 14.4. The molecule has 4 rings (SSSR count). The first kappa shape index (κ1) is 12.3. The number of carbonyl (C=O) groups is 1. The van der Waals surface area contributed by atoms with E-state index in [0.717, 1.165) is 40.5 Å². The van der Waals surface area contributed by atoms with E-state index < -0.39 is 0 Å². The molecule has 0 unspecified atom stereocenters. The Morgan fingerprint density at radius 2 is 2.14 bits per heavy atom. The Labute approximate surface area is 121 Å². The lowest BCUT2D eigenvalue weighted by atomic mass is 9.98. The minimum Gasteiger partial charge on any atom is -0.489 e. The van der Waals surface area contributed by atoms with Crippen LogP contribution in [0.3, 0.4) is 0 Å². The molecule has 0 atom stereocenters. The molecule has 0 amide bonds. The average Bonchev–Trinajstić information content (AvgIpc) is 2.93. The van der Waals surface area contributed by atoms with Crippen molar-refractivity contribution in [2.24, 2.45) is 0 Å². The maximum Gasteiger partial charge on any atom is 0.338 e. The van der Waals surface area contributed by atoms with E-state index in [1.54, 1.807) is 0 Å². The van der Waals surface area contributed by atoms with Gasteiger partial charge in [0.1, 0.15) is 5.58 Å². The van der Waals surface area contributed by atoms with Gasteiger partial charge in [0.2, 0.25) is 0 Å². The fraction of sp³-hybridized carbons (Fsp3) is 0.235. The third-order valence-electron chi connectivity index (χ3n) is 3.92. The van der Waals surface area contributed by atoms with Crippen LogP contribution in [0.5, 0.6) is 5.75 Å². The molecule has 3 aromatic rings. The predicted octanol–water partition coefficient (Wildman–Crippen LogP) is 3.70. The molecule has 1 aromatic heterocycles. The van der Waals surface area contributed by atoms with Crippen molar-refractivity contribution in [2.75, 3.05) is 13.7 Å². The average molecular weight is 282 g/mol. The van der Waals surface area contributed by atoms with E-state index in [0.29, 0.717) is 17.8 Å². The lowest BCUT2D eigenvalue weighted by molar-refractivity contribution is 0.0603. The van der Waals surface area contributed by atoms with Gasteiger partial charge in [0.25, 0.3) is 0 Å². The first-order chi connectivity index (χ1) is 10.3. The van der Waals surface area contributed by atoms with E-state index >= 15 is 0 Å². The number of esters is 1. The highest BCUT2D eigenvalue weighted by atomic mass is 16.5. The van der Waals surface area contributed by atoms with Gasteiger partial charge in [-0.05, 0) is 30.5 Å². The van der Waals surface area contributed by atoms with Gasteiger partial charge in [-0.15, -0.1) is 0 Å². The van der Waals surface area contributed by atoms with Gasteiger partial charge >= 0.3 is 5.97 Å². The zero-order valence-electron chi connectivity index (χ0n) is 11.6. The lowest BCUT2D eigenvalue weighted by Crippen LogP contribution is -2.11. The molecule has 0 saturated carbocycles. The number of fused-ring (bicyclic) bond motifs is 5. The number of hydrogen-bond acceptors (Lipinski definition) is 4. The highest BCUT2D eigenvalue weighted by Gasteiger charge is 2.25.